The van der Waals surface area contributed by atoms with Gasteiger partial charge in [-0.15, -0.1) is 0 Å². The number of carboxylic acids is 1. The first-order chi connectivity index (χ1) is 12.0. The van der Waals surface area contributed by atoms with Gasteiger partial charge in [0.15, 0.2) is 0 Å². The molecule has 0 aliphatic carbocycles. The number of carbonyl (C=O) groups is 1. The Morgan fingerprint density at radius 2 is 1.35 bits per heavy atom. The summed E-state index contributed by atoms with van der Waals surface area (Å²) in [5, 5.41) is 8.79. The fourth-order valence-corrected chi connectivity index (χ4v) is 4.24. The zero-order valence-electron chi connectivity index (χ0n) is 14.0. The average Bonchev–Trinajstić information content (AvgIpc) is 2.55. The summed E-state index contributed by atoms with van der Waals surface area (Å²) in [5.41, 5.74) is 1.09. The molecule has 0 aliphatic heterocycles. The number of rotatable bonds is 7. The molecule has 8 nitrogen and oxygen atoms in total. The highest BCUT2D eigenvalue weighted by Crippen LogP contribution is 2.19. The molecule has 0 aromatic heterocycles. The molecule has 0 amide bonds. The lowest BCUT2D eigenvalue weighted by atomic mass is 10.2. The zero-order chi connectivity index (χ0) is 19.5. The second-order valence-electron chi connectivity index (χ2n) is 5.62. The summed E-state index contributed by atoms with van der Waals surface area (Å²) in [5.74, 6) is -1.31. The van der Waals surface area contributed by atoms with Crippen LogP contribution in [0.25, 0.3) is 0 Å². The maximum Gasteiger partial charge on any atom is 0.321 e. The van der Waals surface area contributed by atoms with Gasteiger partial charge in [-0.05, 0) is 50.2 Å². The van der Waals surface area contributed by atoms with Gasteiger partial charge in [-0.3, -0.25) is 9.52 Å². The van der Waals surface area contributed by atoms with Crippen molar-refractivity contribution in [3.63, 3.8) is 0 Å². The second kappa shape index (κ2) is 7.44. The van der Waals surface area contributed by atoms with Crippen molar-refractivity contribution in [2.75, 3.05) is 4.72 Å². The van der Waals surface area contributed by atoms with Crippen LogP contribution in [0.5, 0.6) is 0 Å². The Morgan fingerprint density at radius 1 is 0.885 bits per heavy atom. The lowest BCUT2D eigenvalue weighted by Gasteiger charge is -2.12. The van der Waals surface area contributed by atoms with Crippen LogP contribution < -0.4 is 9.44 Å². The van der Waals surface area contributed by atoms with E-state index in [0.29, 0.717) is 0 Å². The molecule has 0 saturated carbocycles. The number of hydrogen-bond acceptors (Lipinski definition) is 5. The summed E-state index contributed by atoms with van der Waals surface area (Å²) in [7, 11) is -7.83. The third-order valence-electron chi connectivity index (χ3n) is 3.45. The molecule has 1 atom stereocenters. The van der Waals surface area contributed by atoms with E-state index in [1.165, 1.54) is 43.3 Å². The number of anilines is 1. The van der Waals surface area contributed by atoms with E-state index in [-0.39, 0.29) is 15.5 Å². The van der Waals surface area contributed by atoms with Crippen LogP contribution in [-0.4, -0.2) is 34.0 Å². The van der Waals surface area contributed by atoms with Gasteiger partial charge in [-0.1, -0.05) is 17.7 Å². The molecule has 2 aromatic rings. The predicted octanol–water partition coefficient (Wildman–Crippen LogP) is 1.55. The molecule has 0 bridgehead atoms. The lowest BCUT2D eigenvalue weighted by molar-refractivity contribution is -0.138. The van der Waals surface area contributed by atoms with Gasteiger partial charge in [0.25, 0.3) is 10.0 Å². The Morgan fingerprint density at radius 3 is 1.85 bits per heavy atom. The third-order valence-corrected chi connectivity index (χ3v) is 6.40. The molecular formula is C16H18N2O6S2. The molecule has 140 valence electrons. The normalized spacial score (nSPS) is 13.2. The minimum Gasteiger partial charge on any atom is -0.480 e. The predicted molar refractivity (Wildman–Crippen MR) is 95.8 cm³/mol. The Hall–Kier alpha value is -2.43. The standard InChI is InChI=1S/C16H18N2O6S2/c1-11-3-7-14(8-4-11)26(23,24)18-13-5-9-15(10-6-13)25(21,22)17-12(2)16(19)20/h3-10,12,17-18H,1-2H3,(H,19,20). The molecule has 0 radical (unpaired) electrons. The van der Waals surface area contributed by atoms with E-state index in [9.17, 15) is 21.6 Å². The Kier molecular flexibility index (Phi) is 5.69. The van der Waals surface area contributed by atoms with Crippen LogP contribution >= 0.6 is 0 Å². The van der Waals surface area contributed by atoms with Crippen LogP contribution in [-0.2, 0) is 24.8 Å². The molecule has 3 N–H and O–H groups in total. The van der Waals surface area contributed by atoms with Crippen LogP contribution in [0.1, 0.15) is 12.5 Å². The first-order valence-corrected chi connectivity index (χ1v) is 10.4. The Balaban J connectivity index is 2.19. The zero-order valence-corrected chi connectivity index (χ0v) is 15.6. The molecule has 2 aromatic carbocycles. The molecular weight excluding hydrogens is 380 g/mol. The van der Waals surface area contributed by atoms with Gasteiger partial charge in [-0.2, -0.15) is 4.72 Å². The van der Waals surface area contributed by atoms with Crippen molar-refractivity contribution in [1.29, 1.82) is 0 Å². The van der Waals surface area contributed by atoms with Crippen molar-refractivity contribution in [1.82, 2.24) is 4.72 Å². The van der Waals surface area contributed by atoms with Crippen LogP contribution in [0.4, 0.5) is 5.69 Å². The number of sulfonamides is 2. The molecule has 0 saturated heterocycles. The van der Waals surface area contributed by atoms with Crippen LogP contribution in [0.3, 0.4) is 0 Å². The second-order valence-corrected chi connectivity index (χ2v) is 9.02. The van der Waals surface area contributed by atoms with Crippen LogP contribution in [0, 0.1) is 6.92 Å². The topological polar surface area (TPSA) is 130 Å². The van der Waals surface area contributed by atoms with Gasteiger partial charge in [0.05, 0.1) is 9.79 Å². The summed E-state index contributed by atoms with van der Waals surface area (Å²) in [6.07, 6.45) is 0. The highest BCUT2D eigenvalue weighted by atomic mass is 32.2. The van der Waals surface area contributed by atoms with Gasteiger partial charge < -0.3 is 5.11 Å². The SMILES string of the molecule is Cc1ccc(S(=O)(=O)Nc2ccc(S(=O)(=O)NC(C)C(=O)O)cc2)cc1. The first kappa shape index (κ1) is 19.9. The molecule has 0 fully saturated rings. The summed E-state index contributed by atoms with van der Waals surface area (Å²) in [6.45, 7) is 3.03. The summed E-state index contributed by atoms with van der Waals surface area (Å²) in [4.78, 5) is 10.7. The maximum absolute atomic E-state index is 12.3. The maximum atomic E-state index is 12.3. The van der Waals surface area contributed by atoms with Gasteiger partial charge >= 0.3 is 5.97 Å². The first-order valence-electron chi connectivity index (χ1n) is 7.46. The number of aryl methyl sites for hydroxylation is 1. The van der Waals surface area contributed by atoms with Crippen molar-refractivity contribution in [2.45, 2.75) is 29.7 Å². The van der Waals surface area contributed by atoms with Gasteiger partial charge in [0.2, 0.25) is 10.0 Å². The molecule has 10 heteroatoms. The van der Waals surface area contributed by atoms with Crippen LogP contribution in [0.15, 0.2) is 58.3 Å². The summed E-state index contributed by atoms with van der Waals surface area (Å²) in [6, 6.07) is 9.91. The third kappa shape index (κ3) is 4.81. The van der Waals surface area contributed by atoms with E-state index in [2.05, 4.69) is 4.72 Å². The number of benzene rings is 2. The number of aliphatic carboxylic acids is 1. The van der Waals surface area contributed by atoms with Crippen molar-refractivity contribution < 1.29 is 26.7 Å². The van der Waals surface area contributed by atoms with E-state index in [1.54, 1.807) is 12.1 Å². The largest absolute Gasteiger partial charge is 0.480 e. The monoisotopic (exact) mass is 398 g/mol. The smallest absolute Gasteiger partial charge is 0.321 e. The Bertz CT molecular complexity index is 998. The molecule has 0 heterocycles. The summed E-state index contributed by atoms with van der Waals surface area (Å²) >= 11 is 0. The molecule has 0 aliphatic rings. The van der Waals surface area contributed by atoms with E-state index in [1.807, 2.05) is 11.6 Å². The fourth-order valence-electron chi connectivity index (χ4n) is 1.98. The highest BCUT2D eigenvalue weighted by Gasteiger charge is 2.21. The van der Waals surface area contributed by atoms with Gasteiger partial charge in [0, 0.05) is 5.69 Å². The van der Waals surface area contributed by atoms with Gasteiger partial charge in [0.1, 0.15) is 6.04 Å². The number of carboxylic acid groups (broad SMARTS) is 1. The molecule has 0 spiro atoms. The molecule has 2 rings (SSSR count). The minimum atomic E-state index is -4.03. The van der Waals surface area contributed by atoms with Crippen LogP contribution in [0.2, 0.25) is 0 Å². The molecule has 1 unspecified atom stereocenters. The van der Waals surface area contributed by atoms with E-state index < -0.39 is 32.1 Å². The van der Waals surface area contributed by atoms with Gasteiger partial charge in [-0.25, -0.2) is 16.8 Å². The lowest BCUT2D eigenvalue weighted by Crippen LogP contribution is -2.38. The van der Waals surface area contributed by atoms with Crippen molar-refractivity contribution in [3.05, 3.63) is 54.1 Å². The number of hydrogen-bond donors (Lipinski definition) is 3. The highest BCUT2D eigenvalue weighted by molar-refractivity contribution is 7.92. The van der Waals surface area contributed by atoms with Crippen molar-refractivity contribution in [3.8, 4) is 0 Å². The fraction of sp³-hybridized carbons (Fsp3) is 0.188. The van der Waals surface area contributed by atoms with Crippen molar-refractivity contribution >= 4 is 31.7 Å². The van der Waals surface area contributed by atoms with E-state index >= 15 is 0 Å². The number of nitrogens with one attached hydrogen (secondary N) is 2. The minimum absolute atomic E-state index is 0.0803. The Labute approximate surface area is 152 Å². The van der Waals surface area contributed by atoms with Crippen molar-refractivity contribution in [2.24, 2.45) is 0 Å². The summed E-state index contributed by atoms with van der Waals surface area (Å²) < 4.78 is 53.1. The molecule has 26 heavy (non-hydrogen) atoms. The van der Waals surface area contributed by atoms with E-state index in [4.69, 9.17) is 5.11 Å². The quantitative estimate of drug-likeness (QED) is 0.649. The average molecular weight is 398 g/mol. The van der Waals surface area contributed by atoms with E-state index in [0.717, 1.165) is 5.56 Å².